The van der Waals surface area contributed by atoms with Crippen LogP contribution in [-0.4, -0.2) is 40.6 Å². The largest absolute Gasteiger partial charge is 0.497 e. The number of benzene rings is 1. The Labute approximate surface area is 135 Å². The van der Waals surface area contributed by atoms with Gasteiger partial charge in [-0.3, -0.25) is 9.36 Å². The summed E-state index contributed by atoms with van der Waals surface area (Å²) < 4.78 is 6.44. The van der Waals surface area contributed by atoms with Gasteiger partial charge in [-0.15, -0.1) is 0 Å². The molecule has 2 aromatic rings. The average Bonchev–Trinajstić information content (AvgIpc) is 2.56. The highest BCUT2D eigenvalue weighted by atomic mass is 16.5. The van der Waals surface area contributed by atoms with Crippen LogP contribution >= 0.6 is 0 Å². The number of likely N-dealkylation sites (N-methyl/N-ethyl adjacent to an activating group) is 1. The lowest BCUT2D eigenvalue weighted by molar-refractivity contribution is -0.132. The summed E-state index contributed by atoms with van der Waals surface area (Å²) in [5.74, 6) is 0.683. The second kappa shape index (κ2) is 7.58. The van der Waals surface area contributed by atoms with Crippen LogP contribution in [0.4, 0.5) is 0 Å². The third kappa shape index (κ3) is 4.42. The van der Waals surface area contributed by atoms with Gasteiger partial charge >= 0.3 is 5.69 Å². The molecule has 1 amide bonds. The number of hydrogen-bond acceptors (Lipinski definition) is 4. The molecule has 1 aromatic heterocycles. The molecule has 0 aliphatic rings. The number of carbonyl (C=O) groups is 1. The summed E-state index contributed by atoms with van der Waals surface area (Å²) in [6.07, 6.45) is 3.71. The van der Waals surface area contributed by atoms with Crippen molar-refractivity contribution >= 4 is 5.91 Å². The first-order chi connectivity index (χ1) is 11.0. The molecule has 0 aliphatic carbocycles. The fourth-order valence-electron chi connectivity index (χ4n) is 2.25. The Balaban J connectivity index is 1.98. The summed E-state index contributed by atoms with van der Waals surface area (Å²) in [6.45, 7) is 1.98. The first-order valence-electron chi connectivity index (χ1n) is 7.41. The highest BCUT2D eigenvalue weighted by Gasteiger charge is 2.17. The molecular formula is C17H21N3O3. The van der Waals surface area contributed by atoms with E-state index in [2.05, 4.69) is 4.98 Å². The lowest BCUT2D eigenvalue weighted by Crippen LogP contribution is -2.40. The predicted octanol–water partition coefficient (Wildman–Crippen LogP) is 1.34. The maximum Gasteiger partial charge on any atom is 0.347 e. The van der Waals surface area contributed by atoms with E-state index in [1.165, 1.54) is 10.8 Å². The highest BCUT2D eigenvalue weighted by Crippen LogP contribution is 2.14. The van der Waals surface area contributed by atoms with Gasteiger partial charge in [0.1, 0.15) is 12.3 Å². The van der Waals surface area contributed by atoms with Crippen LogP contribution in [0.1, 0.15) is 12.5 Å². The molecule has 122 valence electrons. The van der Waals surface area contributed by atoms with Crippen LogP contribution in [-0.2, 0) is 17.8 Å². The number of amides is 1. The number of rotatable bonds is 6. The molecule has 0 radical (unpaired) electrons. The lowest BCUT2D eigenvalue weighted by atomic mass is 10.1. The SMILES string of the molecule is COc1ccc(C[C@H](C)N(C)C(=O)Cn2cccnc2=O)cc1. The van der Waals surface area contributed by atoms with Crippen LogP contribution in [0.15, 0.2) is 47.5 Å². The van der Waals surface area contributed by atoms with Crippen LogP contribution < -0.4 is 10.4 Å². The van der Waals surface area contributed by atoms with Gasteiger partial charge in [0, 0.05) is 25.5 Å². The van der Waals surface area contributed by atoms with Crippen molar-refractivity contribution in [2.45, 2.75) is 25.9 Å². The normalized spacial score (nSPS) is 11.8. The minimum atomic E-state index is -0.419. The Bertz CT molecular complexity index is 710. The van der Waals surface area contributed by atoms with Gasteiger partial charge < -0.3 is 9.64 Å². The minimum absolute atomic E-state index is 0.00384. The topological polar surface area (TPSA) is 64.4 Å². The van der Waals surface area contributed by atoms with E-state index in [1.807, 2.05) is 31.2 Å². The fourth-order valence-corrected chi connectivity index (χ4v) is 2.25. The van der Waals surface area contributed by atoms with Crippen molar-refractivity contribution in [2.24, 2.45) is 0 Å². The summed E-state index contributed by atoms with van der Waals surface area (Å²) in [5.41, 5.74) is 0.702. The Morgan fingerprint density at radius 2 is 2.04 bits per heavy atom. The van der Waals surface area contributed by atoms with E-state index in [4.69, 9.17) is 4.74 Å². The molecule has 0 bridgehead atoms. The van der Waals surface area contributed by atoms with E-state index in [9.17, 15) is 9.59 Å². The standard InChI is InChI=1S/C17H21N3O3/c1-13(11-14-5-7-15(23-3)8-6-14)19(2)16(21)12-20-10-4-9-18-17(20)22/h4-10,13H,11-12H2,1-3H3/t13-/m0/s1. The zero-order chi connectivity index (χ0) is 16.8. The molecule has 1 heterocycles. The second-order valence-electron chi connectivity index (χ2n) is 5.44. The van der Waals surface area contributed by atoms with Crippen molar-refractivity contribution in [3.05, 3.63) is 58.8 Å². The maximum absolute atomic E-state index is 12.3. The first-order valence-corrected chi connectivity index (χ1v) is 7.41. The first kappa shape index (κ1) is 16.7. The molecule has 6 nitrogen and oxygen atoms in total. The smallest absolute Gasteiger partial charge is 0.347 e. The molecule has 0 N–H and O–H groups in total. The number of carbonyl (C=O) groups excluding carboxylic acids is 1. The molecule has 0 spiro atoms. The van der Waals surface area contributed by atoms with Gasteiger partial charge in [0.15, 0.2) is 0 Å². The van der Waals surface area contributed by atoms with Gasteiger partial charge in [0.05, 0.1) is 7.11 Å². The molecule has 0 aliphatic heterocycles. The van der Waals surface area contributed by atoms with E-state index in [0.29, 0.717) is 0 Å². The van der Waals surface area contributed by atoms with Crippen LogP contribution in [0.2, 0.25) is 0 Å². The van der Waals surface area contributed by atoms with E-state index >= 15 is 0 Å². The van der Waals surface area contributed by atoms with Crippen molar-refractivity contribution in [2.75, 3.05) is 14.2 Å². The third-order valence-electron chi connectivity index (χ3n) is 3.83. The van der Waals surface area contributed by atoms with E-state index in [0.717, 1.165) is 17.7 Å². The third-order valence-corrected chi connectivity index (χ3v) is 3.83. The van der Waals surface area contributed by atoms with Gasteiger partial charge in [0.25, 0.3) is 0 Å². The molecule has 0 saturated carbocycles. The van der Waals surface area contributed by atoms with Crippen molar-refractivity contribution < 1.29 is 9.53 Å². The molecular weight excluding hydrogens is 294 g/mol. The number of hydrogen-bond donors (Lipinski definition) is 0. The molecule has 2 rings (SSSR count). The average molecular weight is 315 g/mol. The van der Waals surface area contributed by atoms with Crippen LogP contribution in [0.5, 0.6) is 5.75 Å². The highest BCUT2D eigenvalue weighted by molar-refractivity contribution is 5.76. The Kier molecular flexibility index (Phi) is 5.51. The van der Waals surface area contributed by atoms with Crippen molar-refractivity contribution in [1.29, 1.82) is 0 Å². The minimum Gasteiger partial charge on any atom is -0.497 e. The molecule has 0 unspecified atom stereocenters. The number of methoxy groups -OCH3 is 1. The van der Waals surface area contributed by atoms with Gasteiger partial charge in [-0.1, -0.05) is 12.1 Å². The lowest BCUT2D eigenvalue weighted by Gasteiger charge is -2.25. The van der Waals surface area contributed by atoms with Crippen molar-refractivity contribution in [3.63, 3.8) is 0 Å². The zero-order valence-electron chi connectivity index (χ0n) is 13.6. The molecule has 23 heavy (non-hydrogen) atoms. The van der Waals surface area contributed by atoms with Gasteiger partial charge in [-0.05, 0) is 37.1 Å². The van der Waals surface area contributed by atoms with Crippen LogP contribution in [0, 0.1) is 0 Å². The Morgan fingerprint density at radius 1 is 1.35 bits per heavy atom. The van der Waals surface area contributed by atoms with Crippen LogP contribution in [0.25, 0.3) is 0 Å². The Hall–Kier alpha value is -2.63. The summed E-state index contributed by atoms with van der Waals surface area (Å²) in [7, 11) is 3.38. The molecule has 0 fully saturated rings. The summed E-state index contributed by atoms with van der Waals surface area (Å²) in [4.78, 5) is 29.2. The van der Waals surface area contributed by atoms with Crippen LogP contribution in [0.3, 0.4) is 0 Å². The van der Waals surface area contributed by atoms with Gasteiger partial charge in [0.2, 0.25) is 5.91 Å². The van der Waals surface area contributed by atoms with Crippen molar-refractivity contribution in [3.8, 4) is 5.75 Å². The second-order valence-corrected chi connectivity index (χ2v) is 5.44. The quantitative estimate of drug-likeness (QED) is 0.807. The van der Waals surface area contributed by atoms with E-state index in [-0.39, 0.29) is 18.5 Å². The number of aromatic nitrogens is 2. The van der Waals surface area contributed by atoms with Gasteiger partial charge in [-0.25, -0.2) is 9.78 Å². The van der Waals surface area contributed by atoms with E-state index < -0.39 is 5.69 Å². The zero-order valence-corrected chi connectivity index (χ0v) is 13.6. The number of nitrogens with zero attached hydrogens (tertiary/aromatic N) is 3. The fraction of sp³-hybridized carbons (Fsp3) is 0.353. The molecule has 0 saturated heterocycles. The molecule has 1 atom stereocenters. The van der Waals surface area contributed by atoms with Gasteiger partial charge in [-0.2, -0.15) is 0 Å². The monoisotopic (exact) mass is 315 g/mol. The number of ether oxygens (including phenoxy) is 1. The van der Waals surface area contributed by atoms with Crippen molar-refractivity contribution in [1.82, 2.24) is 14.5 Å². The summed E-state index contributed by atoms with van der Waals surface area (Å²) in [5, 5.41) is 0. The summed E-state index contributed by atoms with van der Waals surface area (Å²) in [6, 6.07) is 9.43. The molecule has 6 heteroatoms. The maximum atomic E-state index is 12.3. The van der Waals surface area contributed by atoms with E-state index in [1.54, 1.807) is 31.3 Å². The Morgan fingerprint density at radius 3 is 2.65 bits per heavy atom. The predicted molar refractivity (Wildman–Crippen MR) is 87.4 cm³/mol. The molecule has 1 aromatic carbocycles. The summed E-state index contributed by atoms with van der Waals surface area (Å²) >= 11 is 0.